The van der Waals surface area contributed by atoms with Gasteiger partial charge >= 0.3 is 12.1 Å². The predicted molar refractivity (Wildman–Crippen MR) is 143 cm³/mol. The van der Waals surface area contributed by atoms with Crippen molar-refractivity contribution >= 4 is 23.6 Å². The molecule has 0 unspecified atom stereocenters. The molecule has 7 rings (SSSR count). The van der Waals surface area contributed by atoms with E-state index in [1.165, 1.54) is 16.7 Å². The molecule has 4 bridgehead atoms. The zero-order valence-electron chi connectivity index (χ0n) is 22.8. The van der Waals surface area contributed by atoms with Crippen LogP contribution in [0.4, 0.5) is 0 Å². The summed E-state index contributed by atoms with van der Waals surface area (Å²) in [7, 11) is 0. The number of esters is 1. The molecule has 1 saturated heterocycles. The number of amides is 1. The lowest BCUT2D eigenvalue weighted by atomic mass is 9.60. The first-order valence-corrected chi connectivity index (χ1v) is 14.1. The summed E-state index contributed by atoms with van der Waals surface area (Å²) in [4.78, 5) is 43.7. The Kier molecular flexibility index (Phi) is 6.11. The summed E-state index contributed by atoms with van der Waals surface area (Å²) in [6.45, 7) is 8.03. The quantitative estimate of drug-likeness (QED) is 0.392. The third kappa shape index (κ3) is 3.52. The SMILES string of the molecule is C=C1C[C@]23C[C@@]1(O)CC[C@H]2C1=C[C@H]2OC(=O)[C@@](C)([C@H]1[C@@H]3C(=O)N[C@H](C)CC1=CCc3ccccc31)[C@H]2O.O=C=O. The van der Waals surface area contributed by atoms with Crippen LogP contribution < -0.4 is 5.32 Å². The van der Waals surface area contributed by atoms with Gasteiger partial charge in [0, 0.05) is 12.0 Å². The highest BCUT2D eigenvalue weighted by atomic mass is 16.6. The van der Waals surface area contributed by atoms with E-state index in [1.807, 2.05) is 19.1 Å². The van der Waals surface area contributed by atoms with Crippen LogP contribution >= 0.6 is 0 Å². The Labute approximate surface area is 233 Å². The second-order valence-electron chi connectivity index (χ2n) is 12.8. The van der Waals surface area contributed by atoms with E-state index in [0.717, 1.165) is 30.4 Å². The number of ether oxygens (including phenoxy) is 1. The first-order valence-electron chi connectivity index (χ1n) is 14.1. The summed E-state index contributed by atoms with van der Waals surface area (Å²) < 4.78 is 5.59. The topological polar surface area (TPSA) is 130 Å². The summed E-state index contributed by atoms with van der Waals surface area (Å²) in [5, 5.41) is 25.9. The molecule has 3 N–H and O–H groups in total. The molecule has 1 heterocycles. The van der Waals surface area contributed by atoms with Crippen molar-refractivity contribution in [1.29, 1.82) is 0 Å². The number of allylic oxidation sites excluding steroid dienone is 2. The van der Waals surface area contributed by atoms with Crippen LogP contribution in [0.2, 0.25) is 0 Å². The van der Waals surface area contributed by atoms with Crippen LogP contribution in [-0.2, 0) is 30.3 Å². The molecule has 9 atom stereocenters. The summed E-state index contributed by atoms with van der Waals surface area (Å²) in [6, 6.07) is 8.28. The summed E-state index contributed by atoms with van der Waals surface area (Å²) in [5.41, 5.74) is 3.03. The van der Waals surface area contributed by atoms with Gasteiger partial charge in [0.15, 0.2) is 0 Å². The van der Waals surface area contributed by atoms with Gasteiger partial charge in [0.2, 0.25) is 5.91 Å². The van der Waals surface area contributed by atoms with Gasteiger partial charge in [0.1, 0.15) is 17.6 Å². The number of hydrogen-bond acceptors (Lipinski definition) is 7. The lowest BCUT2D eigenvalue weighted by Gasteiger charge is -2.43. The molecule has 1 aromatic carbocycles. The Hall–Kier alpha value is -3.32. The Morgan fingerprint density at radius 1 is 1.30 bits per heavy atom. The van der Waals surface area contributed by atoms with Gasteiger partial charge in [-0.25, -0.2) is 0 Å². The van der Waals surface area contributed by atoms with Crippen molar-refractivity contribution in [2.45, 2.75) is 76.2 Å². The fraction of sp³-hybridized carbons (Fsp3) is 0.531. The van der Waals surface area contributed by atoms with Crippen LogP contribution in [0.15, 0.2) is 54.1 Å². The highest BCUT2D eigenvalue weighted by molar-refractivity contribution is 5.88. The fourth-order valence-electron chi connectivity index (χ4n) is 9.14. The summed E-state index contributed by atoms with van der Waals surface area (Å²) in [5.74, 6) is -1.46. The first kappa shape index (κ1) is 26.9. The second kappa shape index (κ2) is 9.10. The number of nitrogens with one attached hydrogen (secondary N) is 1. The Balaban J connectivity index is 0.000000925. The van der Waals surface area contributed by atoms with Gasteiger partial charge in [-0.2, -0.15) is 9.59 Å². The van der Waals surface area contributed by atoms with Gasteiger partial charge in [0.05, 0.1) is 11.5 Å². The highest BCUT2D eigenvalue weighted by Gasteiger charge is 2.75. The highest BCUT2D eigenvalue weighted by Crippen LogP contribution is 2.74. The van der Waals surface area contributed by atoms with E-state index in [4.69, 9.17) is 14.3 Å². The average Bonchev–Trinajstić information content (AvgIpc) is 3.53. The minimum Gasteiger partial charge on any atom is -0.455 e. The van der Waals surface area contributed by atoms with Gasteiger partial charge < -0.3 is 20.3 Å². The maximum atomic E-state index is 14.3. The van der Waals surface area contributed by atoms with E-state index >= 15 is 0 Å². The van der Waals surface area contributed by atoms with Crippen LogP contribution in [-0.4, -0.2) is 52.1 Å². The zero-order chi connectivity index (χ0) is 28.6. The van der Waals surface area contributed by atoms with Crippen molar-refractivity contribution in [1.82, 2.24) is 5.32 Å². The molecule has 210 valence electrons. The molecule has 1 spiro atoms. The Bertz CT molecular complexity index is 1410. The second-order valence-corrected chi connectivity index (χ2v) is 12.8. The van der Waals surface area contributed by atoms with Crippen LogP contribution in [0.1, 0.15) is 57.1 Å². The fourth-order valence-corrected chi connectivity index (χ4v) is 9.14. The molecular weight excluding hydrogens is 510 g/mol. The third-order valence-electron chi connectivity index (χ3n) is 10.8. The normalized spacial score (nSPS) is 40.4. The molecule has 5 aliphatic carbocycles. The maximum Gasteiger partial charge on any atom is 0.373 e. The van der Waals surface area contributed by atoms with Crippen molar-refractivity contribution in [3.63, 3.8) is 0 Å². The number of hydrogen-bond donors (Lipinski definition) is 3. The molecule has 0 radical (unpaired) electrons. The van der Waals surface area contributed by atoms with Crippen LogP contribution in [0.5, 0.6) is 0 Å². The van der Waals surface area contributed by atoms with E-state index < -0.39 is 46.4 Å². The van der Waals surface area contributed by atoms with Crippen molar-refractivity contribution < 1.29 is 34.1 Å². The summed E-state index contributed by atoms with van der Waals surface area (Å²) in [6.07, 6.45) is 6.81. The van der Waals surface area contributed by atoms with Gasteiger partial charge in [-0.1, -0.05) is 42.5 Å². The van der Waals surface area contributed by atoms with E-state index in [0.29, 0.717) is 19.3 Å². The van der Waals surface area contributed by atoms with Gasteiger partial charge in [0.25, 0.3) is 0 Å². The van der Waals surface area contributed by atoms with Crippen LogP contribution in [0.3, 0.4) is 0 Å². The molecule has 1 aliphatic heterocycles. The minimum absolute atomic E-state index is 0.0660. The van der Waals surface area contributed by atoms with Crippen molar-refractivity contribution in [3.05, 3.63) is 65.3 Å². The maximum absolute atomic E-state index is 14.3. The van der Waals surface area contributed by atoms with Gasteiger partial charge in [-0.3, -0.25) is 9.59 Å². The van der Waals surface area contributed by atoms with E-state index in [9.17, 15) is 19.8 Å². The number of aliphatic hydroxyl groups is 2. The standard InChI is InChI=1S/C31H35NO5.CO2/c1-16-14-30-15-31(16,36)11-10-22(30)21-13-23-26(33)29(3,28(35)37-23)24(21)25(30)27(34)32-17(2)12-19-9-8-18-6-4-5-7-20(18)19;2-1-3/h4-7,9,13,17,22-26,33,36H,1,8,10-12,14-15H2,2-3H3,(H,32,34);/t17-,22+,23-,24-,25-,26+,29+,30+,31+;/m1./s1. The number of carbonyl (C=O) groups excluding carboxylic acids is 4. The molecule has 8 nitrogen and oxygen atoms in total. The molecule has 6 aliphatic rings. The molecule has 4 fully saturated rings. The lowest BCUT2D eigenvalue weighted by molar-refractivity contribution is -0.191. The smallest absolute Gasteiger partial charge is 0.373 e. The molecule has 1 aromatic rings. The van der Waals surface area contributed by atoms with Crippen LogP contribution in [0, 0.1) is 28.6 Å². The van der Waals surface area contributed by atoms with Crippen molar-refractivity contribution in [2.24, 2.45) is 28.6 Å². The number of benzene rings is 1. The molecule has 0 aromatic heterocycles. The first-order chi connectivity index (χ1) is 19.0. The number of aliphatic hydroxyl groups excluding tert-OH is 1. The zero-order valence-corrected chi connectivity index (χ0v) is 22.8. The van der Waals surface area contributed by atoms with E-state index in [2.05, 4.69) is 36.2 Å². The minimum atomic E-state index is -1.18. The molecule has 1 amide bonds. The van der Waals surface area contributed by atoms with Crippen molar-refractivity contribution in [2.75, 3.05) is 0 Å². The van der Waals surface area contributed by atoms with Gasteiger partial charge in [-0.15, -0.1) is 0 Å². The summed E-state index contributed by atoms with van der Waals surface area (Å²) >= 11 is 0. The average molecular weight is 546 g/mol. The third-order valence-corrected chi connectivity index (χ3v) is 10.8. The predicted octanol–water partition coefficient (Wildman–Crippen LogP) is 2.89. The van der Waals surface area contributed by atoms with Gasteiger partial charge in [-0.05, 0) is 92.1 Å². The van der Waals surface area contributed by atoms with Crippen LogP contribution in [0.25, 0.3) is 5.57 Å². The number of rotatable bonds is 4. The van der Waals surface area contributed by atoms with E-state index in [-0.39, 0.29) is 24.0 Å². The molecule has 3 saturated carbocycles. The van der Waals surface area contributed by atoms with E-state index in [1.54, 1.807) is 6.92 Å². The number of carbonyl (C=O) groups is 2. The largest absolute Gasteiger partial charge is 0.455 e. The lowest BCUT2D eigenvalue weighted by Crippen LogP contribution is -2.53. The Morgan fingerprint density at radius 3 is 2.77 bits per heavy atom. The Morgan fingerprint density at radius 2 is 2.02 bits per heavy atom. The monoisotopic (exact) mass is 545 g/mol. The van der Waals surface area contributed by atoms with Crippen molar-refractivity contribution in [3.8, 4) is 0 Å². The molecule has 8 heteroatoms. The number of fused-ring (bicyclic) bond motifs is 7. The molecule has 40 heavy (non-hydrogen) atoms. The molecular formula is C32H35NO7.